The smallest absolute Gasteiger partial charge is 0.227 e. The van der Waals surface area contributed by atoms with E-state index in [0.717, 1.165) is 36.6 Å². The summed E-state index contributed by atoms with van der Waals surface area (Å²) in [6.07, 6.45) is 4.49. The van der Waals surface area contributed by atoms with Crippen molar-refractivity contribution in [3.8, 4) is 0 Å². The Labute approximate surface area is 135 Å². The molecular formula is C16H20N6O. The number of anilines is 2. The molecule has 1 amide bonds. The van der Waals surface area contributed by atoms with E-state index in [1.54, 1.807) is 11.1 Å². The number of nitrogens with one attached hydrogen (secondary N) is 1. The number of piperazine rings is 1. The van der Waals surface area contributed by atoms with Crippen LogP contribution in [0.1, 0.15) is 11.3 Å². The van der Waals surface area contributed by atoms with Gasteiger partial charge in [-0.2, -0.15) is 4.98 Å². The van der Waals surface area contributed by atoms with E-state index in [0.29, 0.717) is 25.6 Å². The summed E-state index contributed by atoms with van der Waals surface area (Å²) in [6, 6.07) is 5.87. The molecule has 1 N–H and O–H groups in total. The van der Waals surface area contributed by atoms with Crippen molar-refractivity contribution < 1.29 is 4.79 Å². The van der Waals surface area contributed by atoms with Crippen molar-refractivity contribution in [3.63, 3.8) is 0 Å². The average molecular weight is 312 g/mol. The molecule has 1 aliphatic rings. The molecule has 0 radical (unpaired) electrons. The maximum atomic E-state index is 10.8. The molecule has 0 atom stereocenters. The van der Waals surface area contributed by atoms with Gasteiger partial charge in [0.15, 0.2) is 0 Å². The first kappa shape index (κ1) is 15.2. The van der Waals surface area contributed by atoms with E-state index in [-0.39, 0.29) is 0 Å². The summed E-state index contributed by atoms with van der Waals surface area (Å²) in [6.45, 7) is 5.55. The Balaban J connectivity index is 1.68. The van der Waals surface area contributed by atoms with Crippen LogP contribution < -0.4 is 10.2 Å². The minimum atomic E-state index is 0.669. The second kappa shape index (κ2) is 7.04. The van der Waals surface area contributed by atoms with Crippen LogP contribution in [-0.4, -0.2) is 52.4 Å². The van der Waals surface area contributed by atoms with Gasteiger partial charge in [0, 0.05) is 56.9 Å². The Morgan fingerprint density at radius 2 is 2.09 bits per heavy atom. The van der Waals surface area contributed by atoms with Crippen LogP contribution in [0.15, 0.2) is 30.6 Å². The summed E-state index contributed by atoms with van der Waals surface area (Å²) >= 11 is 0. The van der Waals surface area contributed by atoms with Gasteiger partial charge in [-0.3, -0.25) is 9.78 Å². The monoisotopic (exact) mass is 312 g/mol. The maximum absolute atomic E-state index is 10.8. The molecule has 23 heavy (non-hydrogen) atoms. The van der Waals surface area contributed by atoms with Crippen LogP contribution in [0.25, 0.3) is 0 Å². The molecule has 2 aromatic heterocycles. The lowest BCUT2D eigenvalue weighted by molar-refractivity contribution is -0.118. The number of nitrogens with zero attached hydrogens (tertiary/aromatic N) is 5. The van der Waals surface area contributed by atoms with Gasteiger partial charge < -0.3 is 15.1 Å². The van der Waals surface area contributed by atoms with Crippen molar-refractivity contribution in [1.29, 1.82) is 0 Å². The van der Waals surface area contributed by atoms with Crippen molar-refractivity contribution in [1.82, 2.24) is 19.9 Å². The molecule has 2 aromatic rings. The lowest BCUT2D eigenvalue weighted by atomic mass is 10.3. The molecule has 7 nitrogen and oxygen atoms in total. The summed E-state index contributed by atoms with van der Waals surface area (Å²) in [5.41, 5.74) is 2.02. The Morgan fingerprint density at radius 1 is 1.26 bits per heavy atom. The fourth-order valence-electron chi connectivity index (χ4n) is 2.51. The maximum Gasteiger partial charge on any atom is 0.227 e. The van der Waals surface area contributed by atoms with E-state index in [1.165, 1.54) is 0 Å². The number of pyridine rings is 1. The first-order chi connectivity index (χ1) is 11.2. The van der Waals surface area contributed by atoms with Crippen LogP contribution in [0.4, 0.5) is 11.8 Å². The number of aryl methyl sites for hydroxylation is 1. The second-order valence-corrected chi connectivity index (χ2v) is 5.54. The highest BCUT2D eigenvalue weighted by molar-refractivity contribution is 5.49. The molecule has 7 heteroatoms. The van der Waals surface area contributed by atoms with E-state index >= 15 is 0 Å². The van der Waals surface area contributed by atoms with Crippen LogP contribution in [-0.2, 0) is 11.3 Å². The summed E-state index contributed by atoms with van der Waals surface area (Å²) in [7, 11) is 0. The third-order valence-corrected chi connectivity index (χ3v) is 3.79. The van der Waals surface area contributed by atoms with Crippen LogP contribution in [0.2, 0.25) is 0 Å². The number of hydrogen-bond acceptors (Lipinski definition) is 6. The first-order valence-electron chi connectivity index (χ1n) is 7.67. The standard InChI is InChI=1S/C16H20N6O/c1-13-9-15(18-11-14-3-2-4-17-10-14)20-16(19-13)22-7-5-21(12-23)6-8-22/h2-4,9-10,12H,5-8,11H2,1H3,(H,18,19,20). The third-order valence-electron chi connectivity index (χ3n) is 3.79. The van der Waals surface area contributed by atoms with E-state index in [4.69, 9.17) is 0 Å². The first-order valence-corrected chi connectivity index (χ1v) is 7.67. The predicted molar refractivity (Wildman–Crippen MR) is 88.2 cm³/mol. The molecule has 120 valence electrons. The second-order valence-electron chi connectivity index (χ2n) is 5.54. The van der Waals surface area contributed by atoms with E-state index in [9.17, 15) is 4.79 Å². The van der Waals surface area contributed by atoms with Crippen molar-refractivity contribution in [2.45, 2.75) is 13.5 Å². The SMILES string of the molecule is Cc1cc(NCc2cccnc2)nc(N2CCN(C=O)CC2)n1. The van der Waals surface area contributed by atoms with Gasteiger partial charge in [0.05, 0.1) is 0 Å². The number of carbonyl (C=O) groups excluding carboxylic acids is 1. The minimum absolute atomic E-state index is 0.669. The molecule has 0 unspecified atom stereocenters. The molecule has 0 aliphatic carbocycles. The van der Waals surface area contributed by atoms with Crippen LogP contribution in [0.5, 0.6) is 0 Å². The Morgan fingerprint density at radius 3 is 2.78 bits per heavy atom. The van der Waals surface area contributed by atoms with E-state index in [2.05, 4.69) is 25.2 Å². The van der Waals surface area contributed by atoms with Gasteiger partial charge in [-0.25, -0.2) is 4.98 Å². The molecule has 0 bridgehead atoms. The number of carbonyl (C=O) groups is 1. The molecule has 1 fully saturated rings. The van der Waals surface area contributed by atoms with Crippen LogP contribution >= 0.6 is 0 Å². The van der Waals surface area contributed by atoms with Gasteiger partial charge in [-0.15, -0.1) is 0 Å². The highest BCUT2D eigenvalue weighted by Gasteiger charge is 2.18. The largest absolute Gasteiger partial charge is 0.366 e. The lowest BCUT2D eigenvalue weighted by Crippen LogP contribution is -2.46. The molecule has 0 spiro atoms. The highest BCUT2D eigenvalue weighted by Crippen LogP contribution is 2.16. The molecular weight excluding hydrogens is 292 g/mol. The summed E-state index contributed by atoms with van der Waals surface area (Å²) in [5, 5.41) is 3.32. The summed E-state index contributed by atoms with van der Waals surface area (Å²) in [4.78, 5) is 27.9. The molecule has 3 rings (SSSR count). The zero-order chi connectivity index (χ0) is 16.1. The Hall–Kier alpha value is -2.70. The van der Waals surface area contributed by atoms with Gasteiger partial charge >= 0.3 is 0 Å². The van der Waals surface area contributed by atoms with Crippen LogP contribution in [0, 0.1) is 6.92 Å². The minimum Gasteiger partial charge on any atom is -0.366 e. The van der Waals surface area contributed by atoms with E-state index in [1.807, 2.05) is 31.3 Å². The quantitative estimate of drug-likeness (QED) is 0.833. The lowest BCUT2D eigenvalue weighted by Gasteiger charge is -2.32. The van der Waals surface area contributed by atoms with Crippen molar-refractivity contribution >= 4 is 18.2 Å². The van der Waals surface area contributed by atoms with Gasteiger partial charge in [-0.05, 0) is 18.6 Å². The topological polar surface area (TPSA) is 74.2 Å². The normalized spacial score (nSPS) is 14.7. The zero-order valence-corrected chi connectivity index (χ0v) is 13.1. The Bertz CT molecular complexity index is 655. The van der Waals surface area contributed by atoms with Gasteiger partial charge in [0.1, 0.15) is 5.82 Å². The fourth-order valence-corrected chi connectivity index (χ4v) is 2.51. The van der Waals surface area contributed by atoms with Crippen molar-refractivity contribution in [3.05, 3.63) is 41.9 Å². The molecule has 0 saturated carbocycles. The average Bonchev–Trinajstić information content (AvgIpc) is 2.60. The Kier molecular flexibility index (Phi) is 4.65. The van der Waals surface area contributed by atoms with Crippen molar-refractivity contribution in [2.24, 2.45) is 0 Å². The molecule has 0 aromatic carbocycles. The molecule has 1 aliphatic heterocycles. The number of rotatable bonds is 5. The van der Waals surface area contributed by atoms with Gasteiger partial charge in [-0.1, -0.05) is 6.07 Å². The highest BCUT2D eigenvalue weighted by atomic mass is 16.1. The summed E-state index contributed by atoms with van der Waals surface area (Å²) in [5.74, 6) is 1.51. The van der Waals surface area contributed by atoms with Crippen LogP contribution in [0.3, 0.4) is 0 Å². The zero-order valence-electron chi connectivity index (χ0n) is 13.1. The van der Waals surface area contributed by atoms with E-state index < -0.39 is 0 Å². The van der Waals surface area contributed by atoms with Crippen molar-refractivity contribution in [2.75, 3.05) is 36.4 Å². The van der Waals surface area contributed by atoms with Gasteiger partial charge in [0.25, 0.3) is 0 Å². The third kappa shape index (κ3) is 3.94. The fraction of sp³-hybridized carbons (Fsp3) is 0.375. The molecule has 3 heterocycles. The predicted octanol–water partition coefficient (Wildman–Crippen LogP) is 1.07. The molecule has 1 saturated heterocycles. The number of hydrogen-bond donors (Lipinski definition) is 1. The number of aromatic nitrogens is 3. The summed E-state index contributed by atoms with van der Waals surface area (Å²) < 4.78 is 0. The number of amides is 1. The van der Waals surface area contributed by atoms with Gasteiger partial charge in [0.2, 0.25) is 12.4 Å².